The van der Waals surface area contributed by atoms with Crippen molar-refractivity contribution in [1.29, 1.82) is 0 Å². The Hall–Kier alpha value is -1.22. The van der Waals surface area contributed by atoms with Crippen LogP contribution >= 0.6 is 0 Å². The number of ether oxygens (including phenoxy) is 1. The van der Waals surface area contributed by atoms with Gasteiger partial charge in [-0.3, -0.25) is 0 Å². The number of hydrogen-bond acceptors (Lipinski definition) is 4. The zero-order chi connectivity index (χ0) is 15.8. The Kier molecular flexibility index (Phi) is 4.45. The van der Waals surface area contributed by atoms with Crippen LogP contribution in [0.25, 0.3) is 0 Å². The average Bonchev–Trinajstić information content (AvgIpc) is 2.25. The maximum absolute atomic E-state index is 12.4. The molecule has 0 aliphatic rings. The Morgan fingerprint density at radius 1 is 1.15 bits per heavy atom. The van der Waals surface area contributed by atoms with Crippen molar-refractivity contribution >= 4 is 23.4 Å². The number of methoxy groups -OCH3 is 1. The topological polar surface area (TPSA) is 52.6 Å². The van der Waals surface area contributed by atoms with Crippen LogP contribution in [-0.2, 0) is 10.1 Å². The van der Waals surface area contributed by atoms with Gasteiger partial charge in [0.05, 0.1) is 15.2 Å². The molecule has 9 heteroatoms. The second kappa shape index (κ2) is 5.28. The fraction of sp³-hybridized carbons (Fsp3) is 0.455. The van der Waals surface area contributed by atoms with Gasteiger partial charge in [0, 0.05) is 0 Å². The third-order valence-electron chi connectivity index (χ3n) is 2.48. The van der Waals surface area contributed by atoms with Gasteiger partial charge in [0.25, 0.3) is 0 Å². The fourth-order valence-electron chi connectivity index (χ4n) is 1.51. The Bertz CT molecular complexity index is 591. The molecule has 0 saturated carbocycles. The van der Waals surface area contributed by atoms with Crippen LogP contribution in [0, 0.1) is 0 Å². The molecule has 0 saturated heterocycles. The van der Waals surface area contributed by atoms with Crippen LogP contribution in [0.4, 0.5) is 13.2 Å². The maximum Gasteiger partial charge on any atom is 0.534 e. The largest absolute Gasteiger partial charge is 0.534 e. The lowest BCUT2D eigenvalue weighted by Crippen LogP contribution is -2.40. The molecule has 0 fully saturated rings. The van der Waals surface area contributed by atoms with Gasteiger partial charge in [-0.05, 0) is 11.3 Å². The van der Waals surface area contributed by atoms with Crippen LogP contribution < -0.4 is 14.1 Å². The van der Waals surface area contributed by atoms with Crippen molar-refractivity contribution < 1.29 is 30.5 Å². The number of alkyl halides is 3. The molecular formula is C11H15F3O4SSi. The van der Waals surface area contributed by atoms with E-state index in [1.807, 2.05) is 19.6 Å². The zero-order valence-electron chi connectivity index (χ0n) is 11.4. The molecule has 1 rings (SSSR count). The van der Waals surface area contributed by atoms with Crippen molar-refractivity contribution in [1.82, 2.24) is 0 Å². The van der Waals surface area contributed by atoms with Crippen molar-refractivity contribution in [2.75, 3.05) is 7.11 Å². The minimum atomic E-state index is -5.72. The van der Waals surface area contributed by atoms with Gasteiger partial charge in [0.2, 0.25) is 0 Å². The summed E-state index contributed by atoms with van der Waals surface area (Å²) in [6, 6.07) is 4.49. The molecule has 0 bridgehead atoms. The lowest BCUT2D eigenvalue weighted by molar-refractivity contribution is -0.0500. The van der Waals surface area contributed by atoms with Gasteiger partial charge < -0.3 is 8.92 Å². The van der Waals surface area contributed by atoms with E-state index in [2.05, 4.69) is 4.18 Å². The van der Waals surface area contributed by atoms with Gasteiger partial charge in [0.15, 0.2) is 11.5 Å². The number of hydrogen-bond donors (Lipinski definition) is 0. The van der Waals surface area contributed by atoms with Gasteiger partial charge in [-0.1, -0.05) is 31.8 Å². The molecule has 0 N–H and O–H groups in total. The van der Waals surface area contributed by atoms with E-state index in [0.717, 1.165) is 0 Å². The first kappa shape index (κ1) is 16.8. The molecule has 0 heterocycles. The fourth-order valence-corrected chi connectivity index (χ4v) is 3.52. The molecule has 1 aromatic rings. The molecule has 0 aliphatic heterocycles. The number of para-hydroxylation sites is 1. The summed E-state index contributed by atoms with van der Waals surface area (Å²) < 4.78 is 68.9. The molecule has 0 radical (unpaired) electrons. The van der Waals surface area contributed by atoms with Crippen molar-refractivity contribution in [3.63, 3.8) is 0 Å². The summed E-state index contributed by atoms with van der Waals surface area (Å²) in [6.45, 7) is 5.57. The standard InChI is InChI=1S/C11H15F3O4SSi/c1-17-8-6-5-7-9(20(2,3)4)10(8)18-19(15,16)11(12,13)14/h5-7H,1-4H3. The highest BCUT2D eigenvalue weighted by molar-refractivity contribution is 7.88. The molecule has 4 nitrogen and oxygen atoms in total. The lowest BCUT2D eigenvalue weighted by atomic mass is 10.3. The molecule has 0 unspecified atom stereocenters. The Labute approximate surface area is 116 Å². The number of benzene rings is 1. The summed E-state index contributed by atoms with van der Waals surface area (Å²) in [5.41, 5.74) is -5.48. The molecule has 0 atom stereocenters. The summed E-state index contributed by atoms with van der Waals surface area (Å²) in [4.78, 5) is 0. The molecule has 0 amide bonds. The van der Waals surface area contributed by atoms with E-state index in [4.69, 9.17) is 4.74 Å². The number of halogens is 3. The predicted octanol–water partition coefficient (Wildman–Crippen LogP) is 2.47. The van der Waals surface area contributed by atoms with E-state index in [9.17, 15) is 21.6 Å². The second-order valence-corrected chi connectivity index (χ2v) is 11.6. The van der Waals surface area contributed by atoms with Crippen LogP contribution in [0.3, 0.4) is 0 Å². The summed E-state index contributed by atoms with van der Waals surface area (Å²) >= 11 is 0. The van der Waals surface area contributed by atoms with Crippen molar-refractivity contribution in [2.24, 2.45) is 0 Å². The molecule has 20 heavy (non-hydrogen) atoms. The van der Waals surface area contributed by atoms with Crippen molar-refractivity contribution in [3.8, 4) is 11.5 Å². The van der Waals surface area contributed by atoms with E-state index in [1.165, 1.54) is 13.2 Å². The van der Waals surface area contributed by atoms with Gasteiger partial charge in [-0.2, -0.15) is 21.6 Å². The van der Waals surface area contributed by atoms with Gasteiger partial charge in [-0.25, -0.2) is 0 Å². The normalized spacial score (nSPS) is 13.2. The first-order chi connectivity index (χ1) is 8.90. The SMILES string of the molecule is COc1cccc([Si](C)(C)C)c1OS(=O)(=O)C(F)(F)F. The Morgan fingerprint density at radius 2 is 1.70 bits per heavy atom. The monoisotopic (exact) mass is 328 g/mol. The van der Waals surface area contributed by atoms with E-state index in [1.54, 1.807) is 12.1 Å². The summed E-state index contributed by atoms with van der Waals surface area (Å²) in [5, 5.41) is 0.435. The van der Waals surface area contributed by atoms with E-state index in [-0.39, 0.29) is 11.5 Å². The first-order valence-corrected chi connectivity index (χ1v) is 10.5. The quantitative estimate of drug-likeness (QED) is 0.484. The van der Waals surface area contributed by atoms with Crippen molar-refractivity contribution in [2.45, 2.75) is 25.1 Å². The van der Waals surface area contributed by atoms with Crippen LogP contribution in [0.1, 0.15) is 0 Å². The molecular weight excluding hydrogens is 313 g/mol. The second-order valence-electron chi connectivity index (χ2n) is 5.07. The van der Waals surface area contributed by atoms with Crippen molar-refractivity contribution in [3.05, 3.63) is 18.2 Å². The highest BCUT2D eigenvalue weighted by Gasteiger charge is 2.49. The minimum Gasteiger partial charge on any atom is -0.493 e. The maximum atomic E-state index is 12.4. The Morgan fingerprint density at radius 3 is 2.10 bits per heavy atom. The molecule has 0 aliphatic carbocycles. The van der Waals surface area contributed by atoms with E-state index >= 15 is 0 Å². The third-order valence-corrected chi connectivity index (χ3v) is 5.45. The zero-order valence-corrected chi connectivity index (χ0v) is 13.2. The summed E-state index contributed by atoms with van der Waals surface area (Å²) in [5.74, 6) is -0.427. The van der Waals surface area contributed by atoms with Gasteiger partial charge in [0.1, 0.15) is 0 Å². The highest BCUT2D eigenvalue weighted by atomic mass is 32.2. The molecule has 0 aromatic heterocycles. The first-order valence-electron chi connectivity index (χ1n) is 5.58. The summed E-state index contributed by atoms with van der Waals surface area (Å²) in [6.07, 6.45) is 0. The lowest BCUT2D eigenvalue weighted by Gasteiger charge is -2.22. The van der Waals surface area contributed by atoms with Crippen LogP contribution in [0.2, 0.25) is 19.6 Å². The van der Waals surface area contributed by atoms with E-state index in [0.29, 0.717) is 5.19 Å². The molecule has 1 aromatic carbocycles. The average molecular weight is 328 g/mol. The minimum absolute atomic E-state index is 0.0437. The van der Waals surface area contributed by atoms with E-state index < -0.39 is 23.7 Å². The number of rotatable bonds is 4. The van der Waals surface area contributed by atoms with Gasteiger partial charge >= 0.3 is 15.6 Å². The Balaban J connectivity index is 3.45. The predicted molar refractivity (Wildman–Crippen MR) is 71.6 cm³/mol. The van der Waals surface area contributed by atoms with Crippen LogP contribution in [0.5, 0.6) is 11.5 Å². The summed E-state index contributed by atoms with van der Waals surface area (Å²) in [7, 11) is -6.61. The molecule has 114 valence electrons. The van der Waals surface area contributed by atoms with Crippen LogP contribution in [0.15, 0.2) is 18.2 Å². The van der Waals surface area contributed by atoms with Gasteiger partial charge in [-0.15, -0.1) is 0 Å². The molecule has 0 spiro atoms. The smallest absolute Gasteiger partial charge is 0.493 e. The third kappa shape index (κ3) is 3.45. The van der Waals surface area contributed by atoms with Crippen LogP contribution in [-0.4, -0.2) is 29.1 Å². The highest BCUT2D eigenvalue weighted by Crippen LogP contribution is 2.32.